The van der Waals surface area contributed by atoms with Crippen LogP contribution in [0.25, 0.3) is 0 Å². The van der Waals surface area contributed by atoms with Crippen molar-refractivity contribution in [3.63, 3.8) is 0 Å². The highest BCUT2D eigenvalue weighted by molar-refractivity contribution is 7.89. The average Bonchev–Trinajstić information content (AvgIpc) is 2.77. The molecule has 1 heterocycles. The summed E-state index contributed by atoms with van der Waals surface area (Å²) in [5.41, 5.74) is 1.61. The van der Waals surface area contributed by atoms with Crippen LogP contribution in [0.15, 0.2) is 53.4 Å². The number of nitrogens with two attached hydrogens (primary N) is 1. The smallest absolute Gasteiger partial charge is 0.243 e. The third-order valence-corrected chi connectivity index (χ3v) is 8.37. The van der Waals surface area contributed by atoms with Gasteiger partial charge in [-0.15, -0.1) is 24.8 Å². The standard InChI is InChI=1S/C25H37N3O3S.2ClH/c1-5-27(6-2)32(29,30)23-14-15-24(31-20(3)4)21(18-23)19-25(16-10-11-17-28(25)26)22-12-8-7-9-13-22;;/h7-9,12-15,18,20H,5-6,10-11,16-17,19,26H2,1-4H3;2*1H. The van der Waals surface area contributed by atoms with E-state index >= 15 is 0 Å². The van der Waals surface area contributed by atoms with E-state index in [-0.39, 0.29) is 30.9 Å². The fourth-order valence-electron chi connectivity index (χ4n) is 4.66. The number of rotatable bonds is 9. The summed E-state index contributed by atoms with van der Waals surface area (Å²) in [4.78, 5) is 0.301. The molecule has 1 atom stereocenters. The SMILES string of the molecule is CCN(CC)S(=O)(=O)c1ccc(OC(C)C)c(CC2(c3ccccc3)CCCCN2N)c1.Cl.Cl. The van der Waals surface area contributed by atoms with Gasteiger partial charge in [0.05, 0.1) is 16.5 Å². The van der Waals surface area contributed by atoms with Crippen molar-refractivity contribution in [2.75, 3.05) is 19.6 Å². The van der Waals surface area contributed by atoms with Crippen molar-refractivity contribution in [3.8, 4) is 5.75 Å². The second-order valence-electron chi connectivity index (χ2n) is 8.75. The van der Waals surface area contributed by atoms with Crippen LogP contribution in [0.3, 0.4) is 0 Å². The van der Waals surface area contributed by atoms with E-state index in [0.717, 1.165) is 36.9 Å². The van der Waals surface area contributed by atoms with E-state index in [1.165, 1.54) is 4.31 Å². The molecular weight excluding hydrogens is 493 g/mol. The molecule has 2 N–H and O–H groups in total. The minimum atomic E-state index is -3.57. The van der Waals surface area contributed by atoms with E-state index in [1.807, 2.05) is 50.9 Å². The lowest BCUT2D eigenvalue weighted by Crippen LogP contribution is -2.54. The predicted octanol–water partition coefficient (Wildman–Crippen LogP) is 5.15. The van der Waals surface area contributed by atoms with E-state index in [2.05, 4.69) is 12.1 Å². The molecule has 0 spiro atoms. The Bertz CT molecular complexity index is 1000. The second-order valence-corrected chi connectivity index (χ2v) is 10.7. The van der Waals surface area contributed by atoms with Crippen molar-refractivity contribution < 1.29 is 13.2 Å². The number of halogens is 2. The van der Waals surface area contributed by atoms with E-state index in [9.17, 15) is 8.42 Å². The number of hydrogen-bond acceptors (Lipinski definition) is 5. The summed E-state index contributed by atoms with van der Waals surface area (Å²) in [6.07, 6.45) is 3.59. The van der Waals surface area contributed by atoms with Crippen molar-refractivity contribution in [2.45, 2.75) is 69.9 Å². The molecule has 1 aliphatic rings. The first-order valence-corrected chi connectivity index (χ1v) is 13.1. The molecule has 1 aliphatic heterocycles. The molecule has 1 fully saturated rings. The Morgan fingerprint density at radius 2 is 1.71 bits per heavy atom. The minimum absolute atomic E-state index is 0. The summed E-state index contributed by atoms with van der Waals surface area (Å²) in [7, 11) is -3.57. The Morgan fingerprint density at radius 3 is 2.26 bits per heavy atom. The molecule has 0 aromatic heterocycles. The van der Waals surface area contributed by atoms with Crippen molar-refractivity contribution in [1.29, 1.82) is 0 Å². The van der Waals surface area contributed by atoms with E-state index in [1.54, 1.807) is 18.2 Å². The third kappa shape index (κ3) is 6.45. The number of ether oxygens (including phenoxy) is 1. The zero-order chi connectivity index (χ0) is 23.4. The molecule has 1 saturated heterocycles. The van der Waals surface area contributed by atoms with Crippen molar-refractivity contribution >= 4 is 34.8 Å². The van der Waals surface area contributed by atoms with Gasteiger partial charge >= 0.3 is 0 Å². The van der Waals surface area contributed by atoms with Gasteiger partial charge in [-0.05, 0) is 68.9 Å². The van der Waals surface area contributed by atoms with Gasteiger partial charge in [-0.1, -0.05) is 44.2 Å². The fourth-order valence-corrected chi connectivity index (χ4v) is 6.17. The maximum absolute atomic E-state index is 13.2. The molecule has 0 amide bonds. The predicted molar refractivity (Wildman–Crippen MR) is 143 cm³/mol. The number of benzene rings is 2. The van der Waals surface area contributed by atoms with Crippen LogP contribution in [0.5, 0.6) is 5.75 Å². The van der Waals surface area contributed by atoms with Gasteiger partial charge in [0.2, 0.25) is 10.0 Å². The van der Waals surface area contributed by atoms with Crippen LogP contribution in [-0.2, 0) is 22.0 Å². The molecule has 1 unspecified atom stereocenters. The Labute approximate surface area is 217 Å². The molecule has 192 valence electrons. The Balaban J connectivity index is 0.00000289. The molecular formula is C25H39Cl2N3O3S. The fraction of sp³-hybridized carbons (Fsp3) is 0.520. The summed E-state index contributed by atoms with van der Waals surface area (Å²) in [5.74, 6) is 7.34. The highest BCUT2D eigenvalue weighted by Crippen LogP contribution is 2.41. The van der Waals surface area contributed by atoms with Crippen molar-refractivity contribution in [2.24, 2.45) is 5.84 Å². The lowest BCUT2D eigenvalue weighted by atomic mass is 9.77. The Kier molecular flexibility index (Phi) is 11.8. The second kappa shape index (κ2) is 13.1. The molecule has 9 heteroatoms. The first-order valence-electron chi connectivity index (χ1n) is 11.6. The maximum Gasteiger partial charge on any atom is 0.243 e. The summed E-state index contributed by atoms with van der Waals surface area (Å²) < 4.78 is 34.1. The number of nitrogens with zero attached hydrogens (tertiary/aromatic N) is 2. The first kappa shape index (κ1) is 30.7. The average molecular weight is 533 g/mol. The number of hydrogen-bond donors (Lipinski definition) is 1. The molecule has 34 heavy (non-hydrogen) atoms. The van der Waals surface area contributed by atoms with Gasteiger partial charge < -0.3 is 4.74 Å². The summed E-state index contributed by atoms with van der Waals surface area (Å²) in [6, 6.07) is 15.6. The van der Waals surface area contributed by atoms with Crippen LogP contribution in [0, 0.1) is 0 Å². The quantitative estimate of drug-likeness (QED) is 0.453. The van der Waals surface area contributed by atoms with Gasteiger partial charge in [0.1, 0.15) is 5.75 Å². The van der Waals surface area contributed by atoms with Gasteiger partial charge in [0.15, 0.2) is 0 Å². The van der Waals surface area contributed by atoms with Crippen LogP contribution in [0.2, 0.25) is 0 Å². The maximum atomic E-state index is 13.2. The zero-order valence-electron chi connectivity index (χ0n) is 20.6. The largest absolute Gasteiger partial charge is 0.491 e. The van der Waals surface area contributed by atoms with Crippen molar-refractivity contribution in [3.05, 3.63) is 59.7 Å². The van der Waals surface area contributed by atoms with Crippen LogP contribution >= 0.6 is 24.8 Å². The van der Waals surface area contributed by atoms with Gasteiger partial charge in [0.25, 0.3) is 0 Å². The normalized spacial score (nSPS) is 18.9. The highest BCUT2D eigenvalue weighted by Gasteiger charge is 2.40. The minimum Gasteiger partial charge on any atom is -0.491 e. The van der Waals surface area contributed by atoms with Gasteiger partial charge in [-0.25, -0.2) is 13.4 Å². The Morgan fingerprint density at radius 1 is 1.06 bits per heavy atom. The third-order valence-electron chi connectivity index (χ3n) is 6.32. The van der Waals surface area contributed by atoms with Crippen LogP contribution < -0.4 is 10.6 Å². The van der Waals surface area contributed by atoms with E-state index in [4.69, 9.17) is 10.6 Å². The summed E-state index contributed by atoms with van der Waals surface area (Å²) in [5, 5.41) is 1.94. The summed E-state index contributed by atoms with van der Waals surface area (Å²) in [6.45, 7) is 9.34. The topological polar surface area (TPSA) is 75.9 Å². The number of hydrazine groups is 1. The molecule has 0 saturated carbocycles. The molecule has 3 rings (SSSR count). The van der Waals surface area contributed by atoms with Crippen LogP contribution in [0.1, 0.15) is 58.1 Å². The molecule has 0 aliphatic carbocycles. The van der Waals surface area contributed by atoms with Crippen LogP contribution in [0.4, 0.5) is 0 Å². The molecule has 6 nitrogen and oxygen atoms in total. The van der Waals surface area contributed by atoms with Gasteiger partial charge in [0, 0.05) is 19.6 Å². The number of sulfonamides is 1. The summed E-state index contributed by atoms with van der Waals surface area (Å²) >= 11 is 0. The lowest BCUT2D eigenvalue weighted by Gasteiger charge is -2.45. The molecule has 2 aromatic carbocycles. The monoisotopic (exact) mass is 531 g/mol. The molecule has 0 radical (unpaired) electrons. The molecule has 2 aromatic rings. The number of piperidine rings is 1. The molecule has 0 bridgehead atoms. The lowest BCUT2D eigenvalue weighted by molar-refractivity contribution is 0.0416. The van der Waals surface area contributed by atoms with E-state index in [0.29, 0.717) is 30.2 Å². The van der Waals surface area contributed by atoms with Crippen molar-refractivity contribution in [1.82, 2.24) is 9.31 Å². The van der Waals surface area contributed by atoms with Crippen LogP contribution in [-0.4, -0.2) is 43.5 Å². The Hall–Kier alpha value is -1.35. The highest BCUT2D eigenvalue weighted by atomic mass is 35.5. The van der Waals surface area contributed by atoms with Gasteiger partial charge in [-0.3, -0.25) is 5.84 Å². The zero-order valence-corrected chi connectivity index (χ0v) is 23.0. The van der Waals surface area contributed by atoms with E-state index < -0.39 is 15.6 Å². The van der Waals surface area contributed by atoms with Gasteiger partial charge in [-0.2, -0.15) is 4.31 Å². The first-order chi connectivity index (χ1) is 15.2.